The number of rotatable bonds is 6. The number of carbonyl (C=O) groups excluding carboxylic acids is 1. The van der Waals surface area contributed by atoms with E-state index in [9.17, 15) is 9.90 Å². The van der Waals surface area contributed by atoms with Crippen molar-refractivity contribution >= 4 is 69.5 Å². The molecular formula is C28H28Cl3N5O2. The van der Waals surface area contributed by atoms with Crippen molar-refractivity contribution in [2.75, 3.05) is 37.4 Å². The molecule has 1 unspecified atom stereocenters. The van der Waals surface area contributed by atoms with E-state index in [-0.39, 0.29) is 34.0 Å². The lowest BCUT2D eigenvalue weighted by Gasteiger charge is -2.21. The molecule has 0 bridgehead atoms. The zero-order chi connectivity index (χ0) is 26.3. The summed E-state index contributed by atoms with van der Waals surface area (Å²) < 4.78 is 0. The van der Waals surface area contributed by atoms with Crippen molar-refractivity contribution in [3.8, 4) is 16.9 Å². The number of carbonyl (C=O) groups is 1. The van der Waals surface area contributed by atoms with Gasteiger partial charge in [-0.3, -0.25) is 9.78 Å². The summed E-state index contributed by atoms with van der Waals surface area (Å²) in [7, 11) is 4.22. The van der Waals surface area contributed by atoms with Crippen molar-refractivity contribution in [3.05, 3.63) is 70.5 Å². The summed E-state index contributed by atoms with van der Waals surface area (Å²) >= 11 is 12.3. The number of ketones is 1. The minimum absolute atomic E-state index is 0. The molecule has 10 heteroatoms. The van der Waals surface area contributed by atoms with Gasteiger partial charge in [-0.2, -0.15) is 0 Å². The molecule has 1 atom stereocenters. The molecule has 0 radical (unpaired) electrons. The number of Topliss-reactive ketones (excluding diaryl/α,β-unsaturated/α-hetero) is 1. The van der Waals surface area contributed by atoms with E-state index in [4.69, 9.17) is 23.2 Å². The smallest absolute Gasteiger partial charge is 0.163 e. The van der Waals surface area contributed by atoms with Crippen LogP contribution in [-0.4, -0.2) is 59.0 Å². The molecule has 7 nitrogen and oxygen atoms in total. The van der Waals surface area contributed by atoms with Gasteiger partial charge in [-0.05, 0) is 75.0 Å². The molecule has 0 amide bonds. The highest BCUT2D eigenvalue weighted by molar-refractivity contribution is 6.37. The van der Waals surface area contributed by atoms with Gasteiger partial charge < -0.3 is 20.2 Å². The quantitative estimate of drug-likeness (QED) is 0.245. The average Bonchev–Trinajstić information content (AvgIpc) is 3.38. The van der Waals surface area contributed by atoms with Crippen molar-refractivity contribution in [1.29, 1.82) is 0 Å². The summed E-state index contributed by atoms with van der Waals surface area (Å²) in [5, 5.41) is 14.5. The van der Waals surface area contributed by atoms with Crippen molar-refractivity contribution in [1.82, 2.24) is 14.9 Å². The minimum atomic E-state index is -0.155. The highest BCUT2D eigenvalue weighted by atomic mass is 35.5. The maximum atomic E-state index is 12.5. The minimum Gasteiger partial charge on any atom is -0.505 e. The third-order valence-corrected chi connectivity index (χ3v) is 7.41. The highest BCUT2D eigenvalue weighted by Gasteiger charge is 2.24. The van der Waals surface area contributed by atoms with Crippen LogP contribution in [0.2, 0.25) is 10.0 Å². The highest BCUT2D eigenvalue weighted by Crippen LogP contribution is 2.38. The number of aromatic nitrogens is 2. The number of nitrogens with zero attached hydrogens (tertiary/aromatic N) is 4. The normalized spacial score (nSPS) is 15.1. The lowest BCUT2D eigenvalue weighted by atomic mass is 10.00. The number of benzene rings is 2. The Labute approximate surface area is 237 Å². The molecule has 2 aromatic heterocycles. The second kappa shape index (κ2) is 11.3. The Morgan fingerprint density at radius 2 is 1.79 bits per heavy atom. The first-order valence-corrected chi connectivity index (χ1v) is 12.7. The topological polar surface area (TPSA) is 81.6 Å². The number of pyridine rings is 2. The molecule has 1 aliphatic heterocycles. The summed E-state index contributed by atoms with van der Waals surface area (Å²) in [6, 6.07) is 13.5. The van der Waals surface area contributed by atoms with Crippen molar-refractivity contribution in [3.63, 3.8) is 0 Å². The van der Waals surface area contributed by atoms with E-state index in [2.05, 4.69) is 39.2 Å². The van der Waals surface area contributed by atoms with E-state index in [1.807, 2.05) is 30.3 Å². The van der Waals surface area contributed by atoms with E-state index in [0.717, 1.165) is 53.0 Å². The SMILES string of the molecule is CC(=O)c1cnc2ccc(-c3cc(Cl)c(O)c(Cl)c3)cc2c1Nc1ccc(N2CCC(N(C)C)C2)nc1.Cl. The van der Waals surface area contributed by atoms with Gasteiger partial charge in [-0.15, -0.1) is 12.4 Å². The van der Waals surface area contributed by atoms with Gasteiger partial charge in [0.15, 0.2) is 11.5 Å². The molecule has 38 heavy (non-hydrogen) atoms. The maximum Gasteiger partial charge on any atom is 0.163 e. The van der Waals surface area contributed by atoms with Crippen LogP contribution in [0.1, 0.15) is 23.7 Å². The van der Waals surface area contributed by atoms with Gasteiger partial charge in [-0.1, -0.05) is 29.3 Å². The first kappa shape index (κ1) is 27.9. The number of hydrogen-bond acceptors (Lipinski definition) is 7. The Balaban J connectivity index is 0.00000336. The standard InChI is InChI=1S/C28H27Cl2N5O2.ClH/c1-16(36)22-14-31-25-6-4-17(18-11-23(29)28(37)24(30)12-18)10-21(25)27(22)33-19-5-7-26(32-13-19)35-9-8-20(15-35)34(2)3;/h4-7,10-14,20,37H,8-9,15H2,1-3H3,(H,31,33);1H. The second-order valence-corrected chi connectivity index (χ2v) is 10.3. The molecule has 1 saturated heterocycles. The number of phenols is 1. The fourth-order valence-electron chi connectivity index (χ4n) is 4.67. The monoisotopic (exact) mass is 571 g/mol. The Kier molecular flexibility index (Phi) is 8.33. The summed E-state index contributed by atoms with van der Waals surface area (Å²) in [4.78, 5) is 26.3. The first-order valence-electron chi connectivity index (χ1n) is 12.0. The lowest BCUT2D eigenvalue weighted by Crippen LogP contribution is -2.31. The largest absolute Gasteiger partial charge is 0.505 e. The molecule has 1 aliphatic rings. The summed E-state index contributed by atoms with van der Waals surface area (Å²) in [6.45, 7) is 3.44. The van der Waals surface area contributed by atoms with Crippen LogP contribution < -0.4 is 10.2 Å². The third kappa shape index (κ3) is 5.52. The first-order chi connectivity index (χ1) is 17.7. The van der Waals surface area contributed by atoms with Crippen molar-refractivity contribution < 1.29 is 9.90 Å². The maximum absolute atomic E-state index is 12.5. The molecule has 3 heterocycles. The second-order valence-electron chi connectivity index (χ2n) is 9.51. The fourth-order valence-corrected chi connectivity index (χ4v) is 5.16. The van der Waals surface area contributed by atoms with Gasteiger partial charge in [0.05, 0.1) is 38.7 Å². The summed E-state index contributed by atoms with van der Waals surface area (Å²) in [5.41, 5.74) is 4.18. The average molecular weight is 573 g/mol. The zero-order valence-corrected chi connectivity index (χ0v) is 23.5. The molecule has 1 fully saturated rings. The number of fused-ring (bicyclic) bond motifs is 1. The number of phenolic OH excluding ortho intramolecular Hbond substituents is 1. The Bertz CT molecular complexity index is 1470. The van der Waals surface area contributed by atoms with E-state index in [1.165, 1.54) is 6.92 Å². The van der Waals surface area contributed by atoms with Gasteiger partial charge >= 0.3 is 0 Å². The predicted octanol–water partition coefficient (Wildman–Crippen LogP) is 6.82. The van der Waals surface area contributed by atoms with Crippen LogP contribution >= 0.6 is 35.6 Å². The van der Waals surface area contributed by atoms with Crippen LogP contribution in [0, 0.1) is 0 Å². The van der Waals surface area contributed by atoms with Crippen LogP contribution in [-0.2, 0) is 0 Å². The molecule has 0 aliphatic carbocycles. The van der Waals surface area contributed by atoms with Crippen LogP contribution in [0.25, 0.3) is 22.0 Å². The van der Waals surface area contributed by atoms with Gasteiger partial charge in [-0.25, -0.2) is 4.98 Å². The van der Waals surface area contributed by atoms with Crippen LogP contribution in [0.15, 0.2) is 54.9 Å². The van der Waals surface area contributed by atoms with Gasteiger partial charge in [0.2, 0.25) is 0 Å². The van der Waals surface area contributed by atoms with E-state index in [1.54, 1.807) is 24.5 Å². The Morgan fingerprint density at radius 3 is 2.39 bits per heavy atom. The van der Waals surface area contributed by atoms with E-state index in [0.29, 0.717) is 17.3 Å². The van der Waals surface area contributed by atoms with Gasteiger partial charge in [0, 0.05) is 30.7 Å². The number of anilines is 3. The predicted molar refractivity (Wildman–Crippen MR) is 158 cm³/mol. The van der Waals surface area contributed by atoms with Crippen molar-refractivity contribution in [2.45, 2.75) is 19.4 Å². The van der Waals surface area contributed by atoms with Crippen LogP contribution in [0.5, 0.6) is 5.75 Å². The Morgan fingerprint density at radius 1 is 1.05 bits per heavy atom. The number of likely N-dealkylation sites (N-methyl/N-ethyl adjacent to an activating group) is 1. The molecule has 0 saturated carbocycles. The molecule has 5 rings (SSSR count). The van der Waals surface area contributed by atoms with Gasteiger partial charge in [0.25, 0.3) is 0 Å². The fraction of sp³-hybridized carbons (Fsp3) is 0.250. The lowest BCUT2D eigenvalue weighted by molar-refractivity contribution is 0.101. The van der Waals surface area contributed by atoms with Gasteiger partial charge in [0.1, 0.15) is 5.82 Å². The Hall–Kier alpha value is -3.10. The summed E-state index contributed by atoms with van der Waals surface area (Å²) in [5.74, 6) is 0.678. The number of nitrogens with one attached hydrogen (secondary N) is 1. The zero-order valence-electron chi connectivity index (χ0n) is 21.2. The van der Waals surface area contributed by atoms with Crippen LogP contribution in [0.4, 0.5) is 17.2 Å². The summed E-state index contributed by atoms with van der Waals surface area (Å²) in [6.07, 6.45) is 4.49. The molecular weight excluding hydrogens is 545 g/mol. The molecule has 4 aromatic rings. The number of hydrogen-bond donors (Lipinski definition) is 2. The van der Waals surface area contributed by atoms with E-state index >= 15 is 0 Å². The molecule has 2 N–H and O–H groups in total. The van der Waals surface area contributed by atoms with Crippen molar-refractivity contribution in [2.24, 2.45) is 0 Å². The molecule has 0 spiro atoms. The molecule has 2 aromatic carbocycles. The third-order valence-electron chi connectivity index (χ3n) is 6.83. The molecule has 198 valence electrons. The van der Waals surface area contributed by atoms with E-state index < -0.39 is 0 Å². The van der Waals surface area contributed by atoms with Crippen LogP contribution in [0.3, 0.4) is 0 Å². The number of aromatic hydroxyl groups is 1. The number of halogens is 3.